The summed E-state index contributed by atoms with van der Waals surface area (Å²) in [6.45, 7) is 2.33. The molecule has 0 aliphatic heterocycles. The fraction of sp³-hybridized carbons (Fsp3) is 0.533. The van der Waals surface area contributed by atoms with Gasteiger partial charge in [-0.15, -0.1) is 0 Å². The molecule has 5 heteroatoms. The molecule has 2 rings (SSSR count). The first-order valence-electron chi connectivity index (χ1n) is 7.04. The molecule has 1 aliphatic rings. The molecule has 1 aliphatic carbocycles. The Kier molecular flexibility index (Phi) is 4.70. The molecule has 0 aromatic heterocycles. The molecule has 3 nitrogen and oxygen atoms in total. The highest BCUT2D eigenvalue weighted by Crippen LogP contribution is 2.24. The summed E-state index contributed by atoms with van der Waals surface area (Å²) in [5.74, 6) is -1.72. The number of carbonyl (C=O) groups excluding carboxylic acids is 1. The van der Waals surface area contributed by atoms with Crippen LogP contribution in [0, 0.1) is 11.6 Å². The second-order valence-corrected chi connectivity index (χ2v) is 5.28. The van der Waals surface area contributed by atoms with Gasteiger partial charge in [-0.1, -0.05) is 0 Å². The number of nitrogens with zero attached hydrogens (tertiary/aromatic N) is 1. The monoisotopic (exact) mass is 282 g/mol. The van der Waals surface area contributed by atoms with Crippen molar-refractivity contribution in [2.45, 2.75) is 44.7 Å². The highest BCUT2D eigenvalue weighted by atomic mass is 19.1. The van der Waals surface area contributed by atoms with E-state index in [9.17, 15) is 13.6 Å². The third-order valence-electron chi connectivity index (χ3n) is 3.94. The Morgan fingerprint density at radius 1 is 1.30 bits per heavy atom. The van der Waals surface area contributed by atoms with Gasteiger partial charge in [-0.25, -0.2) is 8.78 Å². The molecule has 1 aromatic rings. The molecule has 1 amide bonds. The zero-order valence-electron chi connectivity index (χ0n) is 11.6. The van der Waals surface area contributed by atoms with Gasteiger partial charge in [-0.3, -0.25) is 4.79 Å². The molecule has 1 aromatic carbocycles. The van der Waals surface area contributed by atoms with Crippen molar-refractivity contribution in [1.29, 1.82) is 0 Å². The van der Waals surface area contributed by atoms with Crippen LogP contribution in [0.2, 0.25) is 0 Å². The van der Waals surface area contributed by atoms with Gasteiger partial charge in [0.1, 0.15) is 11.6 Å². The maximum absolute atomic E-state index is 13.7. The van der Waals surface area contributed by atoms with Gasteiger partial charge in [-0.05, 0) is 50.8 Å². The molecular formula is C15H20F2N2O. The average molecular weight is 282 g/mol. The minimum Gasteiger partial charge on any atom is -0.336 e. The molecule has 1 fully saturated rings. The first-order valence-corrected chi connectivity index (χ1v) is 7.04. The van der Waals surface area contributed by atoms with Crippen LogP contribution in [0.3, 0.4) is 0 Å². The van der Waals surface area contributed by atoms with Crippen LogP contribution in [0.5, 0.6) is 0 Å². The van der Waals surface area contributed by atoms with Crippen LogP contribution in [-0.4, -0.2) is 29.4 Å². The normalized spacial score (nSPS) is 22.6. The number of nitrogens with two attached hydrogens (primary N) is 1. The zero-order valence-corrected chi connectivity index (χ0v) is 11.6. The summed E-state index contributed by atoms with van der Waals surface area (Å²) >= 11 is 0. The van der Waals surface area contributed by atoms with Gasteiger partial charge < -0.3 is 10.6 Å². The minimum atomic E-state index is -0.678. The lowest BCUT2D eigenvalue weighted by Gasteiger charge is -2.35. The molecule has 0 atom stereocenters. The lowest BCUT2D eigenvalue weighted by molar-refractivity contribution is 0.0635. The van der Waals surface area contributed by atoms with Crippen molar-refractivity contribution in [3.63, 3.8) is 0 Å². The Hall–Kier alpha value is -1.49. The summed E-state index contributed by atoms with van der Waals surface area (Å²) in [6, 6.07) is 3.23. The van der Waals surface area contributed by atoms with Crippen molar-refractivity contribution < 1.29 is 13.6 Å². The molecule has 0 spiro atoms. The second-order valence-electron chi connectivity index (χ2n) is 5.28. The van der Waals surface area contributed by atoms with Gasteiger partial charge in [0.05, 0.1) is 5.56 Å². The van der Waals surface area contributed by atoms with E-state index in [4.69, 9.17) is 5.73 Å². The fourth-order valence-corrected chi connectivity index (χ4v) is 2.80. The Balaban J connectivity index is 2.18. The molecule has 1 saturated carbocycles. The number of hydrogen-bond donors (Lipinski definition) is 1. The number of halogens is 2. The molecule has 0 unspecified atom stereocenters. The van der Waals surface area contributed by atoms with E-state index in [1.54, 1.807) is 4.90 Å². The molecular weight excluding hydrogens is 262 g/mol. The van der Waals surface area contributed by atoms with E-state index in [0.717, 1.165) is 43.9 Å². The van der Waals surface area contributed by atoms with E-state index in [2.05, 4.69) is 0 Å². The van der Waals surface area contributed by atoms with Gasteiger partial charge >= 0.3 is 0 Å². The van der Waals surface area contributed by atoms with Crippen molar-refractivity contribution in [1.82, 2.24) is 4.90 Å². The third kappa shape index (κ3) is 3.15. The number of rotatable bonds is 3. The Bertz CT molecular complexity index is 485. The van der Waals surface area contributed by atoms with Crippen molar-refractivity contribution in [3.8, 4) is 0 Å². The van der Waals surface area contributed by atoms with Crippen LogP contribution in [0.1, 0.15) is 43.0 Å². The molecule has 20 heavy (non-hydrogen) atoms. The van der Waals surface area contributed by atoms with Gasteiger partial charge in [0.2, 0.25) is 0 Å². The van der Waals surface area contributed by atoms with Crippen LogP contribution in [0.4, 0.5) is 8.78 Å². The van der Waals surface area contributed by atoms with Crippen molar-refractivity contribution in [2.75, 3.05) is 6.54 Å². The van der Waals surface area contributed by atoms with Gasteiger partial charge in [0.15, 0.2) is 0 Å². The summed E-state index contributed by atoms with van der Waals surface area (Å²) in [5.41, 5.74) is 5.66. The Morgan fingerprint density at radius 3 is 2.55 bits per heavy atom. The lowest BCUT2D eigenvalue weighted by Crippen LogP contribution is -2.44. The highest BCUT2D eigenvalue weighted by molar-refractivity contribution is 5.94. The highest BCUT2D eigenvalue weighted by Gasteiger charge is 2.28. The lowest BCUT2D eigenvalue weighted by atomic mass is 9.90. The SMILES string of the molecule is CCN(C(=O)c1cc(F)ccc1F)C1CCC(N)CC1. The van der Waals surface area contributed by atoms with Crippen LogP contribution in [-0.2, 0) is 0 Å². The molecule has 110 valence electrons. The smallest absolute Gasteiger partial charge is 0.257 e. The Morgan fingerprint density at radius 2 is 1.95 bits per heavy atom. The minimum absolute atomic E-state index is 0.0648. The summed E-state index contributed by atoms with van der Waals surface area (Å²) in [6.07, 6.45) is 3.36. The third-order valence-corrected chi connectivity index (χ3v) is 3.94. The van der Waals surface area contributed by atoms with E-state index in [1.807, 2.05) is 6.92 Å². The van der Waals surface area contributed by atoms with Gasteiger partial charge in [0, 0.05) is 18.6 Å². The molecule has 0 radical (unpaired) electrons. The van der Waals surface area contributed by atoms with Gasteiger partial charge in [0.25, 0.3) is 5.91 Å². The maximum atomic E-state index is 13.7. The molecule has 2 N–H and O–H groups in total. The largest absolute Gasteiger partial charge is 0.336 e. The van der Waals surface area contributed by atoms with Crippen LogP contribution >= 0.6 is 0 Å². The van der Waals surface area contributed by atoms with Crippen molar-refractivity contribution in [3.05, 3.63) is 35.4 Å². The summed E-state index contributed by atoms with van der Waals surface area (Å²) < 4.78 is 26.9. The number of hydrogen-bond acceptors (Lipinski definition) is 2. The van der Waals surface area contributed by atoms with Crippen LogP contribution < -0.4 is 5.73 Å². The zero-order chi connectivity index (χ0) is 14.7. The average Bonchev–Trinajstić information content (AvgIpc) is 2.44. The van der Waals surface area contributed by atoms with Crippen LogP contribution in [0.25, 0.3) is 0 Å². The standard InChI is InChI=1S/C15H20F2N2O/c1-2-19(12-6-4-11(18)5-7-12)15(20)13-9-10(16)3-8-14(13)17/h3,8-9,11-12H,2,4-7,18H2,1H3. The topological polar surface area (TPSA) is 46.3 Å². The predicted molar refractivity (Wildman–Crippen MR) is 73.3 cm³/mol. The quantitative estimate of drug-likeness (QED) is 0.926. The van der Waals surface area contributed by atoms with E-state index < -0.39 is 17.5 Å². The van der Waals surface area contributed by atoms with E-state index in [1.165, 1.54) is 0 Å². The van der Waals surface area contributed by atoms with E-state index in [0.29, 0.717) is 6.54 Å². The number of amides is 1. The molecule has 0 bridgehead atoms. The van der Waals surface area contributed by atoms with Crippen molar-refractivity contribution in [2.24, 2.45) is 5.73 Å². The Labute approximate surface area is 117 Å². The maximum Gasteiger partial charge on any atom is 0.257 e. The fourth-order valence-electron chi connectivity index (χ4n) is 2.80. The second kappa shape index (κ2) is 6.31. The van der Waals surface area contributed by atoms with Crippen LogP contribution in [0.15, 0.2) is 18.2 Å². The first kappa shape index (κ1) is 14.9. The summed E-state index contributed by atoms with van der Waals surface area (Å²) in [5, 5.41) is 0. The number of benzene rings is 1. The first-order chi connectivity index (χ1) is 9.52. The predicted octanol–water partition coefficient (Wildman–Crippen LogP) is 2.70. The molecule has 0 saturated heterocycles. The van der Waals surface area contributed by atoms with E-state index >= 15 is 0 Å². The number of carbonyl (C=O) groups is 1. The summed E-state index contributed by atoms with van der Waals surface area (Å²) in [4.78, 5) is 14.0. The molecule has 0 heterocycles. The summed E-state index contributed by atoms with van der Waals surface area (Å²) in [7, 11) is 0. The van der Waals surface area contributed by atoms with Gasteiger partial charge in [-0.2, -0.15) is 0 Å². The van der Waals surface area contributed by atoms with E-state index in [-0.39, 0.29) is 17.6 Å². The van der Waals surface area contributed by atoms with Crippen molar-refractivity contribution >= 4 is 5.91 Å².